The Hall–Kier alpha value is -0.430. The molecule has 92 valence electrons. The van der Waals surface area contributed by atoms with Gasteiger partial charge in [-0.3, -0.25) is 0 Å². The Balaban J connectivity index is 2.72. The minimum absolute atomic E-state index is 0.408. The lowest BCUT2D eigenvalue weighted by Crippen LogP contribution is -2.21. The first-order valence-corrected chi connectivity index (χ1v) is 7.46. The van der Waals surface area contributed by atoms with Crippen molar-refractivity contribution in [1.29, 1.82) is 0 Å². The van der Waals surface area contributed by atoms with Gasteiger partial charge in [0.2, 0.25) is 0 Å². The summed E-state index contributed by atoms with van der Waals surface area (Å²) in [4.78, 5) is 1.05. The fraction of sp³-hybridized carbons (Fsp3) is 0.600. The van der Waals surface area contributed by atoms with E-state index in [0.29, 0.717) is 4.21 Å². The average Bonchev–Trinajstić information content (AvgIpc) is 2.67. The number of thiophene rings is 1. The standard InChI is InChI=1S/C10H18N2O2S2/c1-4-7-11-8-9-5-6-10(15-9)16(13,14)12(2)3/h5-6,11H,4,7-8H2,1-3H3. The van der Waals surface area contributed by atoms with Gasteiger partial charge in [0.05, 0.1) is 0 Å². The lowest BCUT2D eigenvalue weighted by atomic mass is 10.4. The zero-order chi connectivity index (χ0) is 12.2. The van der Waals surface area contributed by atoms with E-state index in [4.69, 9.17) is 0 Å². The summed E-state index contributed by atoms with van der Waals surface area (Å²) in [5, 5.41) is 3.25. The summed E-state index contributed by atoms with van der Waals surface area (Å²) in [6.07, 6.45) is 1.08. The number of nitrogens with zero attached hydrogens (tertiary/aromatic N) is 1. The zero-order valence-electron chi connectivity index (χ0n) is 9.86. The predicted octanol–water partition coefficient (Wildman–Crippen LogP) is 1.50. The molecule has 0 radical (unpaired) electrons. The maximum atomic E-state index is 11.8. The lowest BCUT2D eigenvalue weighted by Gasteiger charge is -2.08. The van der Waals surface area contributed by atoms with Crippen LogP contribution >= 0.6 is 11.3 Å². The second kappa shape index (κ2) is 5.77. The molecule has 1 rings (SSSR count). The van der Waals surface area contributed by atoms with Crippen LogP contribution in [0.1, 0.15) is 18.2 Å². The molecule has 0 unspecified atom stereocenters. The molecule has 0 saturated heterocycles. The van der Waals surface area contributed by atoms with Gasteiger partial charge in [0.25, 0.3) is 10.0 Å². The van der Waals surface area contributed by atoms with Gasteiger partial charge in [0.1, 0.15) is 4.21 Å². The van der Waals surface area contributed by atoms with Crippen molar-refractivity contribution in [3.05, 3.63) is 17.0 Å². The van der Waals surface area contributed by atoms with E-state index in [1.54, 1.807) is 20.2 Å². The van der Waals surface area contributed by atoms with Crippen LogP contribution in [0.5, 0.6) is 0 Å². The summed E-state index contributed by atoms with van der Waals surface area (Å²) >= 11 is 1.33. The summed E-state index contributed by atoms with van der Waals surface area (Å²) in [5.74, 6) is 0. The molecule has 0 aromatic carbocycles. The second-order valence-corrected chi connectivity index (χ2v) is 7.23. The molecule has 6 heteroatoms. The topological polar surface area (TPSA) is 49.4 Å². The third-order valence-corrected chi connectivity index (χ3v) is 5.47. The van der Waals surface area contributed by atoms with Crippen LogP contribution in [-0.4, -0.2) is 33.4 Å². The van der Waals surface area contributed by atoms with Crippen LogP contribution in [0.15, 0.2) is 16.3 Å². The molecule has 0 spiro atoms. The molecule has 4 nitrogen and oxygen atoms in total. The van der Waals surface area contributed by atoms with Crippen molar-refractivity contribution in [2.45, 2.75) is 24.1 Å². The van der Waals surface area contributed by atoms with Gasteiger partial charge in [-0.25, -0.2) is 12.7 Å². The van der Waals surface area contributed by atoms with Crippen LogP contribution in [0.3, 0.4) is 0 Å². The maximum absolute atomic E-state index is 11.8. The van der Waals surface area contributed by atoms with Gasteiger partial charge in [0.15, 0.2) is 0 Å². The van der Waals surface area contributed by atoms with Crippen LogP contribution in [0.2, 0.25) is 0 Å². The van der Waals surface area contributed by atoms with Gasteiger partial charge in [-0.15, -0.1) is 11.3 Å². The molecule has 1 aromatic heterocycles. The number of hydrogen-bond acceptors (Lipinski definition) is 4. The molecule has 1 N–H and O–H groups in total. The quantitative estimate of drug-likeness (QED) is 0.790. The highest BCUT2D eigenvalue weighted by atomic mass is 32.2. The lowest BCUT2D eigenvalue weighted by molar-refractivity contribution is 0.523. The third-order valence-electron chi connectivity index (χ3n) is 2.10. The fourth-order valence-electron chi connectivity index (χ4n) is 1.16. The highest BCUT2D eigenvalue weighted by Gasteiger charge is 2.19. The first-order chi connectivity index (χ1) is 7.48. The van der Waals surface area contributed by atoms with Crippen molar-refractivity contribution in [2.24, 2.45) is 0 Å². The molecule has 0 aliphatic carbocycles. The monoisotopic (exact) mass is 262 g/mol. The summed E-state index contributed by atoms with van der Waals surface area (Å²) < 4.78 is 25.2. The van der Waals surface area contributed by atoms with Gasteiger partial charge in [-0.2, -0.15) is 0 Å². The minimum Gasteiger partial charge on any atom is -0.312 e. The van der Waals surface area contributed by atoms with Crippen molar-refractivity contribution < 1.29 is 8.42 Å². The predicted molar refractivity (Wildman–Crippen MR) is 67.2 cm³/mol. The molecule has 0 saturated carbocycles. The Labute approximate surface area is 101 Å². The summed E-state index contributed by atoms with van der Waals surface area (Å²) in [6, 6.07) is 3.53. The zero-order valence-corrected chi connectivity index (χ0v) is 11.5. The molecule has 0 aliphatic heterocycles. The van der Waals surface area contributed by atoms with Crippen molar-refractivity contribution >= 4 is 21.4 Å². The Morgan fingerprint density at radius 2 is 2.06 bits per heavy atom. The Morgan fingerprint density at radius 1 is 1.38 bits per heavy atom. The van der Waals surface area contributed by atoms with E-state index in [-0.39, 0.29) is 0 Å². The van der Waals surface area contributed by atoms with Crippen molar-refractivity contribution in [3.63, 3.8) is 0 Å². The molecule has 0 fully saturated rings. The molecule has 0 bridgehead atoms. The molecule has 16 heavy (non-hydrogen) atoms. The SMILES string of the molecule is CCCNCc1ccc(S(=O)(=O)N(C)C)s1. The van der Waals surface area contributed by atoms with Gasteiger partial charge < -0.3 is 5.32 Å². The van der Waals surface area contributed by atoms with Crippen molar-refractivity contribution in [3.8, 4) is 0 Å². The van der Waals surface area contributed by atoms with Crippen molar-refractivity contribution in [2.75, 3.05) is 20.6 Å². The van der Waals surface area contributed by atoms with Gasteiger partial charge >= 0.3 is 0 Å². The number of rotatable bonds is 6. The molecular weight excluding hydrogens is 244 g/mol. The molecule has 0 amide bonds. The molecular formula is C10H18N2O2S2. The number of nitrogens with one attached hydrogen (secondary N) is 1. The average molecular weight is 262 g/mol. The summed E-state index contributed by atoms with van der Waals surface area (Å²) in [7, 11) is -0.171. The summed E-state index contributed by atoms with van der Waals surface area (Å²) in [6.45, 7) is 3.79. The van der Waals surface area contributed by atoms with Gasteiger partial charge in [-0.05, 0) is 25.1 Å². The molecule has 0 atom stereocenters. The number of hydrogen-bond donors (Lipinski definition) is 1. The molecule has 0 aliphatic rings. The van der Waals surface area contributed by atoms with Crippen molar-refractivity contribution in [1.82, 2.24) is 9.62 Å². The van der Waals surface area contributed by atoms with Crippen LogP contribution in [-0.2, 0) is 16.6 Å². The van der Waals surface area contributed by atoms with E-state index in [9.17, 15) is 8.42 Å². The van der Waals surface area contributed by atoms with E-state index >= 15 is 0 Å². The fourth-order valence-corrected chi connectivity index (χ4v) is 3.65. The van der Waals surface area contributed by atoms with Crippen LogP contribution in [0, 0.1) is 0 Å². The van der Waals surface area contributed by atoms with Gasteiger partial charge in [0, 0.05) is 25.5 Å². The first kappa shape index (κ1) is 13.6. The third kappa shape index (κ3) is 3.28. The summed E-state index contributed by atoms with van der Waals surface area (Å²) in [5.41, 5.74) is 0. The number of sulfonamides is 1. The largest absolute Gasteiger partial charge is 0.312 e. The van der Waals surface area contributed by atoms with Crippen LogP contribution in [0.4, 0.5) is 0 Å². The van der Waals surface area contributed by atoms with Crippen LogP contribution < -0.4 is 5.32 Å². The normalized spacial score (nSPS) is 12.2. The van der Waals surface area contributed by atoms with Crippen LogP contribution in [0.25, 0.3) is 0 Å². The Kier molecular flexibility index (Phi) is 4.91. The Bertz CT molecular complexity index is 424. The minimum atomic E-state index is -3.26. The van der Waals surface area contributed by atoms with E-state index in [0.717, 1.165) is 24.4 Å². The highest BCUT2D eigenvalue weighted by molar-refractivity contribution is 7.91. The smallest absolute Gasteiger partial charge is 0.252 e. The molecule has 1 aromatic rings. The van der Waals surface area contributed by atoms with E-state index < -0.39 is 10.0 Å². The second-order valence-electron chi connectivity index (χ2n) is 3.68. The van der Waals surface area contributed by atoms with E-state index in [2.05, 4.69) is 12.2 Å². The van der Waals surface area contributed by atoms with E-state index in [1.165, 1.54) is 15.6 Å². The van der Waals surface area contributed by atoms with Gasteiger partial charge in [-0.1, -0.05) is 6.92 Å². The molecule has 1 heterocycles. The van der Waals surface area contributed by atoms with E-state index in [1.807, 2.05) is 6.07 Å². The maximum Gasteiger partial charge on any atom is 0.252 e. The highest BCUT2D eigenvalue weighted by Crippen LogP contribution is 2.23. The Morgan fingerprint density at radius 3 is 2.62 bits per heavy atom. The first-order valence-electron chi connectivity index (χ1n) is 5.20.